The molecule has 0 radical (unpaired) electrons. The van der Waals surface area contributed by atoms with Crippen LogP contribution >= 0.6 is 0 Å². The number of hydrogen-bond acceptors (Lipinski definition) is 3. The summed E-state index contributed by atoms with van der Waals surface area (Å²) in [7, 11) is 0. The highest BCUT2D eigenvalue weighted by Crippen LogP contribution is 2.34. The summed E-state index contributed by atoms with van der Waals surface area (Å²) in [5.41, 5.74) is -0.735. The van der Waals surface area contributed by atoms with Gasteiger partial charge in [0.05, 0.1) is 0 Å². The Morgan fingerprint density at radius 1 is 1.30 bits per heavy atom. The predicted octanol–water partition coefficient (Wildman–Crippen LogP) is 1.01. The maximum atomic E-state index is 12.4. The van der Waals surface area contributed by atoms with Crippen molar-refractivity contribution in [2.24, 2.45) is 5.92 Å². The van der Waals surface area contributed by atoms with Crippen LogP contribution in [0.5, 0.6) is 0 Å². The van der Waals surface area contributed by atoms with Crippen molar-refractivity contribution in [3.63, 3.8) is 0 Å². The van der Waals surface area contributed by atoms with Crippen molar-refractivity contribution in [2.45, 2.75) is 58.0 Å². The standard InChI is InChI=1S/C14H23N3O3/c1-9(2)10(3)15-11(18)8-17-12(19)14(16-13(17)20)6-4-5-7-14/h9-10H,4-8H2,1-3H3,(H,15,18)(H,16,20)/t10-/m0/s1. The second kappa shape index (κ2) is 5.42. The lowest BCUT2D eigenvalue weighted by molar-refractivity contribution is -0.135. The average molecular weight is 281 g/mol. The molecular formula is C14H23N3O3. The van der Waals surface area contributed by atoms with E-state index in [0.29, 0.717) is 18.8 Å². The van der Waals surface area contributed by atoms with Crippen molar-refractivity contribution in [2.75, 3.05) is 6.54 Å². The average Bonchev–Trinajstić information content (AvgIpc) is 2.91. The van der Waals surface area contributed by atoms with E-state index >= 15 is 0 Å². The van der Waals surface area contributed by atoms with Crippen LogP contribution < -0.4 is 10.6 Å². The molecule has 2 fully saturated rings. The van der Waals surface area contributed by atoms with Gasteiger partial charge in [-0.25, -0.2) is 4.79 Å². The molecule has 0 aromatic heterocycles. The third-order valence-corrected chi connectivity index (χ3v) is 4.39. The second-order valence-electron chi connectivity index (χ2n) is 6.21. The van der Waals surface area contributed by atoms with Gasteiger partial charge in [0.15, 0.2) is 0 Å². The molecular weight excluding hydrogens is 258 g/mol. The number of rotatable bonds is 4. The molecule has 1 atom stereocenters. The van der Waals surface area contributed by atoms with Gasteiger partial charge in [-0.2, -0.15) is 0 Å². The molecule has 112 valence electrons. The van der Waals surface area contributed by atoms with E-state index in [0.717, 1.165) is 17.7 Å². The largest absolute Gasteiger partial charge is 0.352 e. The quantitative estimate of drug-likeness (QED) is 0.755. The first kappa shape index (κ1) is 14.8. The summed E-state index contributed by atoms with van der Waals surface area (Å²) in [5, 5.41) is 5.58. The first-order valence-corrected chi connectivity index (χ1v) is 7.29. The van der Waals surface area contributed by atoms with E-state index in [1.807, 2.05) is 20.8 Å². The van der Waals surface area contributed by atoms with Crippen molar-refractivity contribution in [1.82, 2.24) is 15.5 Å². The molecule has 2 N–H and O–H groups in total. The van der Waals surface area contributed by atoms with Gasteiger partial charge >= 0.3 is 6.03 Å². The Morgan fingerprint density at radius 3 is 2.45 bits per heavy atom. The van der Waals surface area contributed by atoms with Crippen LogP contribution in [0.1, 0.15) is 46.5 Å². The van der Waals surface area contributed by atoms with Crippen LogP contribution in [0.25, 0.3) is 0 Å². The van der Waals surface area contributed by atoms with Gasteiger partial charge in [0.25, 0.3) is 5.91 Å². The summed E-state index contributed by atoms with van der Waals surface area (Å²) in [5.74, 6) is -0.222. The van der Waals surface area contributed by atoms with E-state index in [1.165, 1.54) is 0 Å². The van der Waals surface area contributed by atoms with Crippen molar-refractivity contribution in [3.05, 3.63) is 0 Å². The molecule has 6 heteroatoms. The van der Waals surface area contributed by atoms with E-state index in [4.69, 9.17) is 0 Å². The summed E-state index contributed by atoms with van der Waals surface area (Å²) < 4.78 is 0. The molecule has 0 aromatic carbocycles. The summed E-state index contributed by atoms with van der Waals surface area (Å²) in [4.78, 5) is 37.2. The Balaban J connectivity index is 1.98. The fourth-order valence-corrected chi connectivity index (χ4v) is 2.75. The Hall–Kier alpha value is -1.59. The smallest absolute Gasteiger partial charge is 0.325 e. The minimum Gasteiger partial charge on any atom is -0.352 e. The fourth-order valence-electron chi connectivity index (χ4n) is 2.75. The van der Waals surface area contributed by atoms with Gasteiger partial charge < -0.3 is 10.6 Å². The molecule has 1 heterocycles. The summed E-state index contributed by atoms with van der Waals surface area (Å²) in [6.07, 6.45) is 3.24. The molecule has 2 aliphatic rings. The number of urea groups is 1. The van der Waals surface area contributed by atoms with E-state index < -0.39 is 11.6 Å². The number of imide groups is 1. The van der Waals surface area contributed by atoms with Crippen LogP contribution in [-0.4, -0.2) is 40.9 Å². The number of nitrogens with one attached hydrogen (secondary N) is 2. The van der Waals surface area contributed by atoms with Gasteiger partial charge in [0.2, 0.25) is 5.91 Å². The highest BCUT2D eigenvalue weighted by Gasteiger charge is 2.52. The lowest BCUT2D eigenvalue weighted by atomic mass is 9.98. The molecule has 1 aliphatic carbocycles. The van der Waals surface area contributed by atoms with Gasteiger partial charge in [0, 0.05) is 6.04 Å². The van der Waals surface area contributed by atoms with Crippen molar-refractivity contribution >= 4 is 17.8 Å². The Labute approximate surface area is 119 Å². The number of carbonyl (C=O) groups excluding carboxylic acids is 3. The fraction of sp³-hybridized carbons (Fsp3) is 0.786. The Bertz CT molecular complexity index is 427. The number of amides is 4. The maximum Gasteiger partial charge on any atom is 0.325 e. The van der Waals surface area contributed by atoms with Gasteiger partial charge in [-0.05, 0) is 25.7 Å². The lowest BCUT2D eigenvalue weighted by Crippen LogP contribution is -2.46. The minimum atomic E-state index is -0.735. The van der Waals surface area contributed by atoms with Crippen molar-refractivity contribution < 1.29 is 14.4 Å². The van der Waals surface area contributed by atoms with Crippen molar-refractivity contribution in [1.29, 1.82) is 0 Å². The minimum absolute atomic E-state index is 0.0173. The van der Waals surface area contributed by atoms with Crippen LogP contribution in [0.15, 0.2) is 0 Å². The van der Waals surface area contributed by atoms with Crippen LogP contribution in [0.2, 0.25) is 0 Å². The van der Waals surface area contributed by atoms with Crippen LogP contribution in [0, 0.1) is 5.92 Å². The molecule has 1 saturated heterocycles. The van der Waals surface area contributed by atoms with Gasteiger partial charge in [-0.1, -0.05) is 26.7 Å². The van der Waals surface area contributed by atoms with Gasteiger partial charge in [-0.3, -0.25) is 14.5 Å². The summed E-state index contributed by atoms with van der Waals surface area (Å²) in [6.45, 7) is 5.73. The third kappa shape index (κ3) is 2.64. The molecule has 0 unspecified atom stereocenters. The molecule has 4 amide bonds. The summed E-state index contributed by atoms with van der Waals surface area (Å²) >= 11 is 0. The number of nitrogens with zero attached hydrogens (tertiary/aromatic N) is 1. The Morgan fingerprint density at radius 2 is 1.90 bits per heavy atom. The van der Waals surface area contributed by atoms with Gasteiger partial charge in [0.1, 0.15) is 12.1 Å². The predicted molar refractivity (Wildman–Crippen MR) is 73.9 cm³/mol. The van der Waals surface area contributed by atoms with E-state index in [2.05, 4.69) is 10.6 Å². The zero-order valence-corrected chi connectivity index (χ0v) is 12.4. The van der Waals surface area contributed by atoms with E-state index in [-0.39, 0.29) is 24.4 Å². The van der Waals surface area contributed by atoms with Crippen LogP contribution in [0.4, 0.5) is 4.79 Å². The lowest BCUT2D eigenvalue weighted by Gasteiger charge is -2.21. The molecule has 1 aliphatic heterocycles. The van der Waals surface area contributed by atoms with Crippen LogP contribution in [-0.2, 0) is 9.59 Å². The molecule has 1 saturated carbocycles. The SMILES string of the molecule is CC(C)[C@H](C)NC(=O)CN1C(=O)NC2(CCCC2)C1=O. The van der Waals surface area contributed by atoms with Gasteiger partial charge in [-0.15, -0.1) is 0 Å². The molecule has 1 spiro atoms. The third-order valence-electron chi connectivity index (χ3n) is 4.39. The highest BCUT2D eigenvalue weighted by molar-refractivity contribution is 6.09. The molecule has 6 nitrogen and oxygen atoms in total. The van der Waals surface area contributed by atoms with Crippen LogP contribution in [0.3, 0.4) is 0 Å². The number of carbonyl (C=O) groups is 3. The molecule has 2 rings (SSSR count). The first-order valence-electron chi connectivity index (χ1n) is 7.29. The first-order chi connectivity index (χ1) is 9.35. The maximum absolute atomic E-state index is 12.4. The second-order valence-corrected chi connectivity index (χ2v) is 6.21. The van der Waals surface area contributed by atoms with Crippen molar-refractivity contribution in [3.8, 4) is 0 Å². The monoisotopic (exact) mass is 281 g/mol. The summed E-state index contributed by atoms with van der Waals surface area (Å²) in [6, 6.07) is -0.423. The Kier molecular flexibility index (Phi) is 4.01. The van der Waals surface area contributed by atoms with E-state index in [9.17, 15) is 14.4 Å². The normalized spacial score (nSPS) is 22.5. The molecule has 0 bridgehead atoms. The van der Waals surface area contributed by atoms with E-state index in [1.54, 1.807) is 0 Å². The highest BCUT2D eigenvalue weighted by atomic mass is 16.2. The molecule has 0 aromatic rings. The topological polar surface area (TPSA) is 78.5 Å². The zero-order valence-electron chi connectivity index (χ0n) is 12.4. The molecule has 20 heavy (non-hydrogen) atoms. The zero-order chi connectivity index (χ0) is 14.9. The number of hydrogen-bond donors (Lipinski definition) is 2.